The Balaban J connectivity index is 2.71. The molecule has 0 unspecified atom stereocenters. The van der Waals surface area contributed by atoms with E-state index in [0.717, 1.165) is 11.2 Å². The molecule has 0 amide bonds. The van der Waals surface area contributed by atoms with Gasteiger partial charge >= 0.3 is 0 Å². The first kappa shape index (κ1) is 10.6. The minimum absolute atomic E-state index is 0.441. The molecule has 2 heterocycles. The van der Waals surface area contributed by atoms with Gasteiger partial charge in [0.1, 0.15) is 5.52 Å². The van der Waals surface area contributed by atoms with Crippen molar-refractivity contribution in [1.29, 1.82) is 0 Å². The molecule has 0 aliphatic carbocycles. The van der Waals surface area contributed by atoms with Crippen molar-refractivity contribution in [1.82, 2.24) is 9.97 Å². The number of thiazole rings is 1. The molecule has 0 saturated carbocycles. The van der Waals surface area contributed by atoms with Gasteiger partial charge in [0.15, 0.2) is 0 Å². The molecule has 0 saturated heterocycles. The van der Waals surface area contributed by atoms with Gasteiger partial charge in [-0.05, 0) is 17.4 Å². The first-order valence-electron chi connectivity index (χ1n) is 5.33. The number of aromatic nitrogens is 2. The van der Waals surface area contributed by atoms with Crippen LogP contribution in [0, 0.1) is 0 Å². The molecular formula is C12H16N2S. The van der Waals surface area contributed by atoms with E-state index in [-0.39, 0.29) is 0 Å². The van der Waals surface area contributed by atoms with Crippen LogP contribution in [0.15, 0.2) is 11.7 Å². The van der Waals surface area contributed by atoms with Crippen molar-refractivity contribution in [2.45, 2.75) is 39.5 Å². The Morgan fingerprint density at radius 2 is 1.80 bits per heavy atom. The summed E-state index contributed by atoms with van der Waals surface area (Å²) in [4.78, 5) is 8.98. The number of hydrogen-bond donors (Lipinski definition) is 0. The molecule has 2 aromatic heterocycles. The van der Waals surface area contributed by atoms with E-state index in [1.54, 1.807) is 11.3 Å². The Morgan fingerprint density at radius 3 is 2.40 bits per heavy atom. The summed E-state index contributed by atoms with van der Waals surface area (Å²) in [6.45, 7) is 8.72. The smallest absolute Gasteiger partial charge is 0.103 e. The largest absolute Gasteiger partial charge is 0.258 e. The summed E-state index contributed by atoms with van der Waals surface area (Å²) < 4.78 is 1.31. The second-order valence-corrected chi connectivity index (χ2v) is 5.29. The first-order valence-corrected chi connectivity index (χ1v) is 6.21. The third-order valence-electron chi connectivity index (χ3n) is 2.58. The molecule has 2 nitrogen and oxygen atoms in total. The van der Waals surface area contributed by atoms with Crippen LogP contribution >= 0.6 is 11.3 Å². The highest BCUT2D eigenvalue weighted by molar-refractivity contribution is 7.17. The lowest BCUT2D eigenvalue weighted by Crippen LogP contribution is -1.97. The fourth-order valence-electron chi connectivity index (χ4n) is 1.73. The summed E-state index contributed by atoms with van der Waals surface area (Å²) in [6.07, 6.45) is 2.01. The van der Waals surface area contributed by atoms with Crippen LogP contribution in [0.25, 0.3) is 10.2 Å². The SMILES string of the molecule is CC(C)c1ncc(C(C)C)c2scnc12. The minimum Gasteiger partial charge on any atom is -0.258 e. The lowest BCUT2D eigenvalue weighted by Gasteiger charge is -2.10. The van der Waals surface area contributed by atoms with Crippen LogP contribution < -0.4 is 0 Å². The van der Waals surface area contributed by atoms with E-state index >= 15 is 0 Å². The molecule has 2 aromatic rings. The Labute approximate surface area is 94.4 Å². The Hall–Kier alpha value is -0.960. The lowest BCUT2D eigenvalue weighted by atomic mass is 10.0. The fraction of sp³-hybridized carbons (Fsp3) is 0.500. The number of nitrogens with zero attached hydrogens (tertiary/aromatic N) is 2. The maximum atomic E-state index is 4.54. The predicted molar refractivity (Wildman–Crippen MR) is 65.6 cm³/mol. The molecule has 0 aromatic carbocycles. The van der Waals surface area contributed by atoms with Crippen LogP contribution in [-0.4, -0.2) is 9.97 Å². The molecule has 2 rings (SSSR count). The second kappa shape index (κ2) is 3.89. The molecule has 80 valence electrons. The summed E-state index contributed by atoms with van der Waals surface area (Å²) >= 11 is 1.72. The highest BCUT2D eigenvalue weighted by Crippen LogP contribution is 2.31. The first-order chi connectivity index (χ1) is 7.11. The second-order valence-electron chi connectivity index (χ2n) is 4.44. The molecule has 0 radical (unpaired) electrons. The zero-order valence-corrected chi connectivity index (χ0v) is 10.4. The molecule has 3 heteroatoms. The quantitative estimate of drug-likeness (QED) is 0.766. The van der Waals surface area contributed by atoms with E-state index in [4.69, 9.17) is 0 Å². The van der Waals surface area contributed by atoms with Crippen molar-refractivity contribution >= 4 is 21.6 Å². The Kier molecular flexibility index (Phi) is 2.74. The van der Waals surface area contributed by atoms with Gasteiger partial charge in [0.05, 0.1) is 15.9 Å². The topological polar surface area (TPSA) is 25.8 Å². The summed E-state index contributed by atoms with van der Waals surface area (Å²) in [6, 6.07) is 0. The standard InChI is InChI=1S/C12H16N2S/c1-7(2)9-5-13-10(8(3)4)11-12(9)15-6-14-11/h5-8H,1-4H3. The average molecular weight is 220 g/mol. The summed E-state index contributed by atoms with van der Waals surface area (Å²) in [5, 5.41) is 0. The van der Waals surface area contributed by atoms with Crippen molar-refractivity contribution in [3.8, 4) is 0 Å². The molecule has 0 aliphatic rings. The van der Waals surface area contributed by atoms with Crippen LogP contribution in [0.5, 0.6) is 0 Å². The van der Waals surface area contributed by atoms with Crippen LogP contribution in [0.4, 0.5) is 0 Å². The van der Waals surface area contributed by atoms with Gasteiger partial charge in [-0.3, -0.25) is 4.98 Å². The van der Waals surface area contributed by atoms with Crippen molar-refractivity contribution < 1.29 is 0 Å². The van der Waals surface area contributed by atoms with Gasteiger partial charge in [-0.25, -0.2) is 4.98 Å². The maximum Gasteiger partial charge on any atom is 0.103 e. The summed E-state index contributed by atoms with van der Waals surface area (Å²) in [7, 11) is 0. The predicted octanol–water partition coefficient (Wildman–Crippen LogP) is 3.94. The summed E-state index contributed by atoms with van der Waals surface area (Å²) in [5.74, 6) is 0.956. The molecule has 0 fully saturated rings. The Morgan fingerprint density at radius 1 is 1.07 bits per heavy atom. The van der Waals surface area contributed by atoms with E-state index < -0.39 is 0 Å². The molecule has 0 N–H and O–H groups in total. The highest BCUT2D eigenvalue weighted by Gasteiger charge is 2.14. The van der Waals surface area contributed by atoms with Gasteiger partial charge in [0.25, 0.3) is 0 Å². The zero-order valence-electron chi connectivity index (χ0n) is 9.61. The molecule has 0 aliphatic heterocycles. The summed E-state index contributed by atoms with van der Waals surface area (Å²) in [5.41, 5.74) is 5.46. The fourth-order valence-corrected chi connectivity index (χ4v) is 2.68. The molecule has 0 spiro atoms. The van der Waals surface area contributed by atoms with Crippen molar-refractivity contribution in [2.75, 3.05) is 0 Å². The average Bonchev–Trinajstić information content (AvgIpc) is 2.63. The third kappa shape index (κ3) is 1.76. The Bertz CT molecular complexity index is 429. The van der Waals surface area contributed by atoms with Gasteiger partial charge in [0.2, 0.25) is 0 Å². The van der Waals surface area contributed by atoms with Crippen molar-refractivity contribution in [3.63, 3.8) is 0 Å². The van der Waals surface area contributed by atoms with Crippen molar-refractivity contribution in [3.05, 3.63) is 23.0 Å². The number of hydrogen-bond acceptors (Lipinski definition) is 3. The monoisotopic (exact) mass is 220 g/mol. The van der Waals surface area contributed by atoms with Crippen LogP contribution in [-0.2, 0) is 0 Å². The van der Waals surface area contributed by atoms with Gasteiger partial charge in [0, 0.05) is 6.20 Å². The molecule has 15 heavy (non-hydrogen) atoms. The molecular weight excluding hydrogens is 204 g/mol. The van der Waals surface area contributed by atoms with Gasteiger partial charge < -0.3 is 0 Å². The maximum absolute atomic E-state index is 4.54. The lowest BCUT2D eigenvalue weighted by molar-refractivity contribution is 0.816. The van der Waals surface area contributed by atoms with Crippen LogP contribution in [0.3, 0.4) is 0 Å². The van der Waals surface area contributed by atoms with Gasteiger partial charge in [-0.2, -0.15) is 0 Å². The van der Waals surface area contributed by atoms with E-state index in [1.165, 1.54) is 10.3 Å². The number of rotatable bonds is 2. The highest BCUT2D eigenvalue weighted by atomic mass is 32.1. The zero-order chi connectivity index (χ0) is 11.0. The van der Waals surface area contributed by atoms with Gasteiger partial charge in [-0.1, -0.05) is 27.7 Å². The normalized spacial score (nSPS) is 11.9. The van der Waals surface area contributed by atoms with E-state index in [2.05, 4.69) is 37.7 Å². The molecule has 0 atom stereocenters. The van der Waals surface area contributed by atoms with E-state index in [0.29, 0.717) is 11.8 Å². The van der Waals surface area contributed by atoms with Crippen LogP contribution in [0.2, 0.25) is 0 Å². The van der Waals surface area contributed by atoms with Crippen molar-refractivity contribution in [2.24, 2.45) is 0 Å². The molecule has 0 bridgehead atoms. The number of pyridine rings is 1. The van der Waals surface area contributed by atoms with E-state index in [1.807, 2.05) is 11.7 Å². The van der Waals surface area contributed by atoms with Gasteiger partial charge in [-0.15, -0.1) is 11.3 Å². The van der Waals surface area contributed by atoms with Crippen LogP contribution in [0.1, 0.15) is 50.8 Å². The third-order valence-corrected chi connectivity index (χ3v) is 3.46. The van der Waals surface area contributed by atoms with E-state index in [9.17, 15) is 0 Å². The number of fused-ring (bicyclic) bond motifs is 1. The minimum atomic E-state index is 0.441.